The molecule has 3 rings (SSSR count). The fraction of sp³-hybridized carbons (Fsp3) is 0.818. The van der Waals surface area contributed by atoms with E-state index in [4.69, 9.17) is 11.2 Å². The molecule has 7 heteroatoms. The van der Waals surface area contributed by atoms with E-state index in [0.717, 1.165) is 32.2 Å². The van der Waals surface area contributed by atoms with Crippen LogP contribution in [0.3, 0.4) is 0 Å². The van der Waals surface area contributed by atoms with Gasteiger partial charge in [0.2, 0.25) is 5.91 Å². The third kappa shape index (κ3) is 5.94. The summed E-state index contributed by atoms with van der Waals surface area (Å²) in [6.07, 6.45) is 11.8. The van der Waals surface area contributed by atoms with Gasteiger partial charge in [0.15, 0.2) is 5.66 Å². The molecule has 1 saturated carbocycles. The van der Waals surface area contributed by atoms with Gasteiger partial charge in [-0.3, -0.25) is 4.79 Å². The minimum absolute atomic E-state index is 0.0215. The zero-order chi connectivity index (χ0) is 21.1. The molecule has 2 atom stereocenters. The van der Waals surface area contributed by atoms with Crippen molar-refractivity contribution in [3.8, 4) is 12.3 Å². The number of hydrogen-bond donors (Lipinski definition) is 1. The number of carbonyl (C=O) groups excluding carboxylic acids is 2. The Bertz CT molecular complexity index is 700. The maximum absolute atomic E-state index is 12.6. The molecule has 1 aliphatic carbocycles. The van der Waals surface area contributed by atoms with Crippen molar-refractivity contribution >= 4 is 12.0 Å². The summed E-state index contributed by atoms with van der Waals surface area (Å²) in [7, 11) is 0. The Morgan fingerprint density at radius 1 is 1.31 bits per heavy atom. The van der Waals surface area contributed by atoms with Crippen LogP contribution < -0.4 is 5.32 Å². The highest BCUT2D eigenvalue weighted by molar-refractivity contribution is 5.76. The summed E-state index contributed by atoms with van der Waals surface area (Å²) in [5.74, 6) is 3.11. The molecule has 0 spiro atoms. The summed E-state index contributed by atoms with van der Waals surface area (Å²) >= 11 is 0. The maximum atomic E-state index is 12.6. The van der Waals surface area contributed by atoms with Gasteiger partial charge >= 0.3 is 6.09 Å². The maximum Gasteiger partial charge on any atom is 0.410 e. The molecule has 0 aromatic carbocycles. The minimum atomic E-state index is -0.501. The molecule has 29 heavy (non-hydrogen) atoms. The van der Waals surface area contributed by atoms with Gasteiger partial charge < -0.3 is 15.0 Å². The van der Waals surface area contributed by atoms with Gasteiger partial charge in [-0.2, -0.15) is 10.2 Å². The van der Waals surface area contributed by atoms with Gasteiger partial charge in [0.05, 0.1) is 0 Å². The lowest BCUT2D eigenvalue weighted by molar-refractivity contribution is -0.122. The smallest absolute Gasteiger partial charge is 0.410 e. The van der Waals surface area contributed by atoms with Gasteiger partial charge in [-0.05, 0) is 46.0 Å². The van der Waals surface area contributed by atoms with Gasteiger partial charge in [0.25, 0.3) is 0 Å². The normalized spacial score (nSPS) is 27.1. The first-order valence-corrected chi connectivity index (χ1v) is 10.8. The number of likely N-dealkylation sites (tertiary alicyclic amines) is 1. The molecule has 0 aromatic rings. The molecule has 1 N–H and O–H groups in total. The van der Waals surface area contributed by atoms with E-state index in [0.29, 0.717) is 44.7 Å². The van der Waals surface area contributed by atoms with E-state index in [-0.39, 0.29) is 17.4 Å². The molecule has 3 aliphatic rings. The summed E-state index contributed by atoms with van der Waals surface area (Å²) in [5, 5.41) is 11.3. The van der Waals surface area contributed by atoms with E-state index >= 15 is 0 Å². The monoisotopic (exact) mass is 402 g/mol. The Balaban J connectivity index is 1.51. The molecular weight excluding hydrogens is 368 g/mol. The van der Waals surface area contributed by atoms with Crippen molar-refractivity contribution in [2.45, 2.75) is 83.4 Å². The number of rotatable bonds is 7. The summed E-state index contributed by atoms with van der Waals surface area (Å²) in [4.78, 5) is 26.9. The molecular formula is C22H34N4O3. The van der Waals surface area contributed by atoms with Crippen LogP contribution in [0.2, 0.25) is 0 Å². The van der Waals surface area contributed by atoms with Crippen molar-refractivity contribution in [3.05, 3.63) is 0 Å². The van der Waals surface area contributed by atoms with Crippen LogP contribution in [0.5, 0.6) is 0 Å². The first kappa shape index (κ1) is 21.6. The van der Waals surface area contributed by atoms with Gasteiger partial charge in [0, 0.05) is 50.7 Å². The molecule has 0 aromatic heterocycles. The van der Waals surface area contributed by atoms with E-state index in [1.165, 1.54) is 0 Å². The number of amides is 2. The van der Waals surface area contributed by atoms with Gasteiger partial charge in [-0.25, -0.2) is 4.79 Å². The van der Waals surface area contributed by atoms with Crippen LogP contribution in [0.1, 0.15) is 72.1 Å². The first-order chi connectivity index (χ1) is 13.6. The zero-order valence-electron chi connectivity index (χ0n) is 18.0. The summed E-state index contributed by atoms with van der Waals surface area (Å²) in [6.45, 7) is 7.68. The Hall–Kier alpha value is -2.10. The van der Waals surface area contributed by atoms with Crippen LogP contribution in [0.4, 0.5) is 4.79 Å². The lowest BCUT2D eigenvalue weighted by atomic mass is 9.66. The highest BCUT2D eigenvalue weighted by atomic mass is 16.6. The van der Waals surface area contributed by atoms with Gasteiger partial charge in [-0.15, -0.1) is 12.3 Å². The zero-order valence-corrected chi connectivity index (χ0v) is 18.0. The molecule has 1 saturated heterocycles. The van der Waals surface area contributed by atoms with Crippen molar-refractivity contribution in [1.82, 2.24) is 10.2 Å². The van der Waals surface area contributed by atoms with E-state index in [1.54, 1.807) is 0 Å². The Labute approximate surface area is 174 Å². The van der Waals surface area contributed by atoms with Crippen molar-refractivity contribution in [2.24, 2.45) is 21.6 Å². The number of nitrogens with zero attached hydrogens (tertiary/aromatic N) is 3. The van der Waals surface area contributed by atoms with Crippen LogP contribution in [-0.2, 0) is 9.53 Å². The highest BCUT2D eigenvalue weighted by Crippen LogP contribution is 2.44. The van der Waals surface area contributed by atoms with Crippen molar-refractivity contribution in [2.75, 3.05) is 19.6 Å². The average molecular weight is 403 g/mol. The molecule has 0 radical (unpaired) electrons. The second-order valence-electron chi connectivity index (χ2n) is 9.99. The third-order valence-corrected chi connectivity index (χ3v) is 6.16. The highest BCUT2D eigenvalue weighted by Gasteiger charge is 2.45. The predicted molar refractivity (Wildman–Crippen MR) is 110 cm³/mol. The standard InChI is InChI=1S/C22H34N4O3/c1-5-6-11-22(24-25-22)12-9-18(27)23-15-21-10-7-8-17(13-21)14-26(16-21)19(28)29-20(2,3)4/h1,17H,6-16H2,2-4H3,(H,23,27). The number of nitrogens with one attached hydrogen (secondary N) is 1. The number of piperidine rings is 1. The second kappa shape index (κ2) is 8.33. The number of fused-ring (bicyclic) bond motifs is 2. The van der Waals surface area contributed by atoms with Crippen molar-refractivity contribution in [3.63, 3.8) is 0 Å². The average Bonchev–Trinajstić information content (AvgIpc) is 3.42. The Morgan fingerprint density at radius 2 is 2.07 bits per heavy atom. The SMILES string of the molecule is C#CCCC1(CCC(=O)NCC23CCCC(CN(C(=O)OC(C)(C)C)C2)C3)N=N1. The molecule has 2 amide bonds. The summed E-state index contributed by atoms with van der Waals surface area (Å²) in [6, 6.07) is 0. The number of hydrogen-bond acceptors (Lipinski definition) is 5. The van der Waals surface area contributed by atoms with Crippen LogP contribution in [0.15, 0.2) is 10.2 Å². The molecule has 2 bridgehead atoms. The van der Waals surface area contributed by atoms with Crippen molar-refractivity contribution in [1.29, 1.82) is 0 Å². The van der Waals surface area contributed by atoms with Crippen LogP contribution in [0, 0.1) is 23.7 Å². The lowest BCUT2D eigenvalue weighted by Gasteiger charge is -2.49. The number of carbonyl (C=O) groups is 2. The topological polar surface area (TPSA) is 83.4 Å². The fourth-order valence-corrected chi connectivity index (χ4v) is 4.70. The molecule has 2 aliphatic heterocycles. The van der Waals surface area contributed by atoms with E-state index in [9.17, 15) is 9.59 Å². The van der Waals surface area contributed by atoms with Crippen LogP contribution >= 0.6 is 0 Å². The predicted octanol–water partition coefficient (Wildman–Crippen LogP) is 3.89. The molecule has 2 fully saturated rings. The summed E-state index contributed by atoms with van der Waals surface area (Å²) < 4.78 is 5.59. The van der Waals surface area contributed by atoms with Crippen LogP contribution in [0.25, 0.3) is 0 Å². The van der Waals surface area contributed by atoms with E-state index in [1.807, 2.05) is 25.7 Å². The lowest BCUT2D eigenvalue weighted by Crippen LogP contribution is -2.56. The third-order valence-electron chi connectivity index (χ3n) is 6.16. The van der Waals surface area contributed by atoms with Gasteiger partial charge in [0.1, 0.15) is 5.60 Å². The van der Waals surface area contributed by atoms with Crippen molar-refractivity contribution < 1.29 is 14.3 Å². The Kier molecular flexibility index (Phi) is 6.21. The molecule has 2 heterocycles. The minimum Gasteiger partial charge on any atom is -0.444 e. The van der Waals surface area contributed by atoms with Gasteiger partial charge in [-0.1, -0.05) is 6.42 Å². The largest absolute Gasteiger partial charge is 0.444 e. The Morgan fingerprint density at radius 3 is 2.72 bits per heavy atom. The summed E-state index contributed by atoms with van der Waals surface area (Å²) in [5.41, 5.74) is -0.973. The van der Waals surface area contributed by atoms with E-state index < -0.39 is 11.3 Å². The quantitative estimate of drug-likeness (QED) is 0.656. The molecule has 160 valence electrons. The first-order valence-electron chi connectivity index (χ1n) is 10.8. The fourth-order valence-electron chi connectivity index (χ4n) is 4.70. The molecule has 7 nitrogen and oxygen atoms in total. The van der Waals surface area contributed by atoms with Crippen LogP contribution in [-0.4, -0.2) is 47.8 Å². The van der Waals surface area contributed by atoms with E-state index in [2.05, 4.69) is 21.5 Å². The number of ether oxygens (including phenoxy) is 1. The second-order valence-corrected chi connectivity index (χ2v) is 9.99. The number of terminal acetylenes is 1. The molecule has 2 unspecified atom stereocenters.